The molecular formula is C20H23BrN2OS. The molecule has 5 heteroatoms. The van der Waals surface area contributed by atoms with Gasteiger partial charge in [-0.15, -0.1) is 0 Å². The van der Waals surface area contributed by atoms with E-state index >= 15 is 0 Å². The first kappa shape index (κ1) is 16.2. The molecule has 6 rings (SSSR count). The van der Waals surface area contributed by atoms with Crippen LogP contribution in [0.4, 0.5) is 5.13 Å². The van der Waals surface area contributed by atoms with Crippen molar-refractivity contribution in [1.29, 1.82) is 0 Å². The van der Waals surface area contributed by atoms with Crippen LogP contribution in [-0.2, 0) is 4.79 Å². The zero-order valence-electron chi connectivity index (χ0n) is 14.5. The number of aryl methyl sites for hydroxylation is 1. The third-order valence-electron chi connectivity index (χ3n) is 6.51. The van der Waals surface area contributed by atoms with E-state index in [2.05, 4.69) is 45.3 Å². The zero-order valence-corrected chi connectivity index (χ0v) is 16.9. The van der Waals surface area contributed by atoms with Crippen molar-refractivity contribution in [3.05, 3.63) is 23.8 Å². The third-order valence-corrected chi connectivity index (χ3v) is 8.38. The summed E-state index contributed by atoms with van der Waals surface area (Å²) < 4.78 is 1.45. The van der Waals surface area contributed by atoms with Crippen LogP contribution in [0.15, 0.2) is 18.2 Å². The summed E-state index contributed by atoms with van der Waals surface area (Å²) in [5.74, 6) is 1.78. The maximum Gasteiger partial charge on any atom is 0.226 e. The van der Waals surface area contributed by atoms with Crippen LogP contribution >= 0.6 is 27.3 Å². The largest absolute Gasteiger partial charge is 0.302 e. The van der Waals surface area contributed by atoms with Gasteiger partial charge in [-0.05, 0) is 74.3 Å². The standard InChI is InChI=1S/C20H23BrN2OS/c1-12-3-2-4-15-17(12)23-18(25-15)22-16(24)10-19-6-13-5-14(7-19)9-20(21,8-13)11-19/h2-4,13-14H,5-11H2,1H3,(H,22,23,24)/t13-,14+,19?,20?. The molecule has 2 aromatic rings. The summed E-state index contributed by atoms with van der Waals surface area (Å²) in [4.78, 5) is 17.4. The lowest BCUT2D eigenvalue weighted by atomic mass is 9.48. The average molecular weight is 419 g/mol. The number of fused-ring (bicyclic) bond motifs is 1. The highest BCUT2D eigenvalue weighted by Gasteiger charge is 2.57. The van der Waals surface area contributed by atoms with Crippen LogP contribution in [0.2, 0.25) is 0 Å². The highest BCUT2D eigenvalue weighted by Crippen LogP contribution is 2.65. The molecule has 25 heavy (non-hydrogen) atoms. The van der Waals surface area contributed by atoms with Crippen LogP contribution in [0.3, 0.4) is 0 Å². The van der Waals surface area contributed by atoms with Gasteiger partial charge in [-0.3, -0.25) is 4.79 Å². The SMILES string of the molecule is Cc1cccc2sc(NC(=O)CC34C[C@@H]5C[C@@H](CC(Br)(C5)C3)C4)nc12. The number of hydrogen-bond donors (Lipinski definition) is 1. The van der Waals surface area contributed by atoms with E-state index in [9.17, 15) is 4.79 Å². The summed E-state index contributed by atoms with van der Waals surface area (Å²) in [6, 6.07) is 6.19. The minimum Gasteiger partial charge on any atom is -0.302 e. The van der Waals surface area contributed by atoms with Gasteiger partial charge >= 0.3 is 0 Å². The second kappa shape index (κ2) is 5.53. The number of carbonyl (C=O) groups is 1. The lowest BCUT2D eigenvalue weighted by Gasteiger charge is -2.60. The Morgan fingerprint density at radius 2 is 2.08 bits per heavy atom. The molecule has 1 N–H and O–H groups in total. The molecule has 1 aromatic heterocycles. The Labute approximate surface area is 160 Å². The second-order valence-electron chi connectivity index (χ2n) is 8.78. The number of thiazole rings is 1. The number of para-hydroxylation sites is 1. The number of hydrogen-bond acceptors (Lipinski definition) is 3. The summed E-state index contributed by atoms with van der Waals surface area (Å²) in [5.41, 5.74) is 2.39. The van der Waals surface area contributed by atoms with Crippen molar-refractivity contribution >= 4 is 48.5 Å². The van der Waals surface area contributed by atoms with Crippen molar-refractivity contribution in [3.63, 3.8) is 0 Å². The highest BCUT2D eigenvalue weighted by molar-refractivity contribution is 9.10. The van der Waals surface area contributed by atoms with Gasteiger partial charge in [0.2, 0.25) is 5.91 Å². The second-order valence-corrected chi connectivity index (χ2v) is 11.5. The van der Waals surface area contributed by atoms with E-state index in [0.29, 0.717) is 10.7 Å². The molecular weight excluding hydrogens is 396 g/mol. The first-order chi connectivity index (χ1) is 11.9. The molecule has 0 spiro atoms. The fourth-order valence-electron chi connectivity index (χ4n) is 6.19. The van der Waals surface area contributed by atoms with Gasteiger partial charge in [0.05, 0.1) is 10.2 Å². The summed E-state index contributed by atoms with van der Waals surface area (Å²) in [5, 5.41) is 3.84. The molecule has 1 aromatic carbocycles. The number of aromatic nitrogens is 1. The summed E-state index contributed by atoms with van der Waals surface area (Å²) in [6.45, 7) is 2.07. The van der Waals surface area contributed by atoms with Gasteiger partial charge < -0.3 is 5.32 Å². The van der Waals surface area contributed by atoms with Crippen molar-refractivity contribution in [2.45, 2.75) is 56.2 Å². The van der Waals surface area contributed by atoms with Crippen LogP contribution in [0.1, 0.15) is 50.5 Å². The molecule has 1 heterocycles. The van der Waals surface area contributed by atoms with Crippen molar-refractivity contribution < 1.29 is 4.79 Å². The fourth-order valence-corrected chi connectivity index (χ4v) is 8.66. The molecule has 2 unspecified atom stereocenters. The van der Waals surface area contributed by atoms with Crippen LogP contribution in [-0.4, -0.2) is 15.2 Å². The van der Waals surface area contributed by atoms with Gasteiger partial charge in [-0.25, -0.2) is 4.98 Å². The van der Waals surface area contributed by atoms with Gasteiger partial charge in [-0.1, -0.05) is 39.4 Å². The Balaban J connectivity index is 1.34. The van der Waals surface area contributed by atoms with Crippen LogP contribution in [0.25, 0.3) is 10.2 Å². The Morgan fingerprint density at radius 3 is 2.76 bits per heavy atom. The van der Waals surface area contributed by atoms with Gasteiger partial charge in [0.1, 0.15) is 0 Å². The number of amides is 1. The minimum atomic E-state index is 0.148. The number of alkyl halides is 1. The number of carbonyl (C=O) groups excluding carboxylic acids is 1. The van der Waals surface area contributed by atoms with Gasteiger partial charge in [0, 0.05) is 10.7 Å². The lowest BCUT2D eigenvalue weighted by Crippen LogP contribution is -2.53. The predicted molar refractivity (Wildman–Crippen MR) is 106 cm³/mol. The Bertz CT molecular complexity index is 846. The Morgan fingerprint density at radius 1 is 1.32 bits per heavy atom. The van der Waals surface area contributed by atoms with E-state index in [1.807, 2.05) is 6.07 Å². The molecule has 4 bridgehead atoms. The molecule has 4 saturated carbocycles. The van der Waals surface area contributed by atoms with Crippen molar-refractivity contribution in [3.8, 4) is 0 Å². The van der Waals surface area contributed by atoms with Gasteiger partial charge in [0.15, 0.2) is 5.13 Å². The quantitative estimate of drug-likeness (QED) is 0.652. The van der Waals surface area contributed by atoms with E-state index in [4.69, 9.17) is 0 Å². The molecule has 4 aliphatic carbocycles. The number of nitrogens with one attached hydrogen (secondary N) is 1. The first-order valence-electron chi connectivity index (χ1n) is 9.27. The van der Waals surface area contributed by atoms with Crippen molar-refractivity contribution in [2.75, 3.05) is 5.32 Å². The molecule has 3 nitrogen and oxygen atoms in total. The van der Waals surface area contributed by atoms with Crippen LogP contribution in [0, 0.1) is 24.2 Å². The van der Waals surface area contributed by atoms with Gasteiger partial charge in [-0.2, -0.15) is 0 Å². The molecule has 4 aliphatic rings. The van der Waals surface area contributed by atoms with E-state index in [-0.39, 0.29) is 11.3 Å². The van der Waals surface area contributed by atoms with Crippen LogP contribution < -0.4 is 5.32 Å². The first-order valence-corrected chi connectivity index (χ1v) is 10.9. The fraction of sp³-hybridized carbons (Fsp3) is 0.600. The van der Waals surface area contributed by atoms with Crippen molar-refractivity contribution in [2.24, 2.45) is 17.3 Å². The third kappa shape index (κ3) is 2.84. The molecule has 132 valence electrons. The van der Waals surface area contributed by atoms with E-state index in [1.165, 1.54) is 38.5 Å². The highest BCUT2D eigenvalue weighted by atomic mass is 79.9. The lowest BCUT2D eigenvalue weighted by molar-refractivity contribution is -0.123. The normalized spacial score (nSPS) is 36.1. The molecule has 0 saturated heterocycles. The maximum atomic E-state index is 12.8. The average Bonchev–Trinajstić information content (AvgIpc) is 2.87. The van der Waals surface area contributed by atoms with Gasteiger partial charge in [0.25, 0.3) is 0 Å². The van der Waals surface area contributed by atoms with Crippen molar-refractivity contribution in [1.82, 2.24) is 4.98 Å². The molecule has 4 atom stereocenters. The van der Waals surface area contributed by atoms with E-state index in [1.54, 1.807) is 11.3 Å². The predicted octanol–water partition coefficient (Wildman–Crippen LogP) is 5.67. The summed E-state index contributed by atoms with van der Waals surface area (Å²) >= 11 is 5.62. The molecule has 0 aliphatic heterocycles. The van der Waals surface area contributed by atoms with E-state index < -0.39 is 0 Å². The molecule has 4 fully saturated rings. The Hall–Kier alpha value is -0.940. The number of anilines is 1. The van der Waals surface area contributed by atoms with E-state index in [0.717, 1.165) is 32.7 Å². The number of halogens is 1. The number of benzene rings is 1. The number of nitrogens with zero attached hydrogens (tertiary/aromatic N) is 1. The summed E-state index contributed by atoms with van der Waals surface area (Å²) in [6.07, 6.45) is 8.30. The minimum absolute atomic E-state index is 0.148. The number of rotatable bonds is 3. The Kier molecular flexibility index (Phi) is 3.59. The molecule has 1 amide bonds. The maximum absolute atomic E-state index is 12.8. The smallest absolute Gasteiger partial charge is 0.226 e. The topological polar surface area (TPSA) is 42.0 Å². The zero-order chi connectivity index (χ0) is 17.2. The summed E-state index contributed by atoms with van der Waals surface area (Å²) in [7, 11) is 0. The monoisotopic (exact) mass is 418 g/mol. The molecule has 0 radical (unpaired) electrons. The van der Waals surface area contributed by atoms with Crippen LogP contribution in [0.5, 0.6) is 0 Å².